The van der Waals surface area contributed by atoms with Crippen LogP contribution in [0, 0.1) is 0 Å². The Balaban J connectivity index is 4.15. The molecule has 7 heteroatoms. The van der Waals surface area contributed by atoms with Gasteiger partial charge in [0, 0.05) is 0 Å². The van der Waals surface area contributed by atoms with Crippen LogP contribution < -0.4 is 22.5 Å². The van der Waals surface area contributed by atoms with E-state index in [1.54, 1.807) is 0 Å². The van der Waals surface area contributed by atoms with Crippen molar-refractivity contribution in [1.82, 2.24) is 5.32 Å². The molecule has 0 saturated carbocycles. The number of rotatable bonds is 9. The van der Waals surface area contributed by atoms with Gasteiger partial charge in [-0.2, -0.15) is 0 Å². The van der Waals surface area contributed by atoms with E-state index in [9.17, 15) is 9.59 Å². The zero-order chi connectivity index (χ0) is 13.3. The monoisotopic (exact) mass is 246 g/mol. The fourth-order valence-electron chi connectivity index (χ4n) is 1.33. The van der Waals surface area contributed by atoms with Gasteiger partial charge in [0.25, 0.3) is 0 Å². The van der Waals surface area contributed by atoms with E-state index < -0.39 is 24.0 Å². The highest BCUT2D eigenvalue weighted by atomic mass is 16.4. The molecule has 0 saturated heterocycles. The lowest BCUT2D eigenvalue weighted by Gasteiger charge is -2.17. The van der Waals surface area contributed by atoms with Gasteiger partial charge in [0.05, 0.1) is 6.04 Å². The maximum Gasteiger partial charge on any atom is 0.326 e. The summed E-state index contributed by atoms with van der Waals surface area (Å²) in [5, 5.41) is 11.3. The topological polar surface area (TPSA) is 144 Å². The van der Waals surface area contributed by atoms with E-state index >= 15 is 0 Å². The Kier molecular flexibility index (Phi) is 8.29. The summed E-state index contributed by atoms with van der Waals surface area (Å²) in [6.07, 6.45) is 1.93. The standard InChI is InChI=1S/C10H22N4O3/c11-5-1-3-7(13)9(15)14-8(10(16)17)4-2-6-12/h7-8H,1-6,11-13H2,(H,14,15)(H,16,17)/t7-,8-/m1/s1. The predicted octanol–water partition coefficient (Wildman–Crippen LogP) is -1.64. The number of nitrogens with two attached hydrogens (primary N) is 3. The highest BCUT2D eigenvalue weighted by molar-refractivity contribution is 5.86. The number of carbonyl (C=O) groups excluding carboxylic acids is 1. The zero-order valence-electron chi connectivity index (χ0n) is 9.89. The van der Waals surface area contributed by atoms with Crippen LogP contribution in [0.15, 0.2) is 0 Å². The van der Waals surface area contributed by atoms with Crippen molar-refractivity contribution in [2.45, 2.75) is 37.8 Å². The molecule has 17 heavy (non-hydrogen) atoms. The molecule has 7 nitrogen and oxygen atoms in total. The molecule has 0 fully saturated rings. The van der Waals surface area contributed by atoms with Crippen LogP contribution in [0.4, 0.5) is 0 Å². The summed E-state index contributed by atoms with van der Waals surface area (Å²) >= 11 is 0. The van der Waals surface area contributed by atoms with Crippen molar-refractivity contribution in [2.24, 2.45) is 17.2 Å². The summed E-state index contributed by atoms with van der Waals surface area (Å²) < 4.78 is 0. The first kappa shape index (κ1) is 15.8. The smallest absolute Gasteiger partial charge is 0.326 e. The first-order valence-corrected chi connectivity index (χ1v) is 5.71. The largest absolute Gasteiger partial charge is 0.480 e. The number of hydrogen-bond acceptors (Lipinski definition) is 5. The highest BCUT2D eigenvalue weighted by Gasteiger charge is 2.22. The molecule has 0 aliphatic carbocycles. The quantitative estimate of drug-likeness (QED) is 0.330. The van der Waals surface area contributed by atoms with E-state index in [1.165, 1.54) is 0 Å². The summed E-state index contributed by atoms with van der Waals surface area (Å²) in [6, 6.07) is -1.63. The second-order valence-corrected chi connectivity index (χ2v) is 3.87. The van der Waals surface area contributed by atoms with Crippen LogP contribution in [-0.2, 0) is 9.59 Å². The molecule has 0 aromatic rings. The van der Waals surface area contributed by atoms with Gasteiger partial charge in [-0.25, -0.2) is 4.79 Å². The predicted molar refractivity (Wildman–Crippen MR) is 64.1 cm³/mol. The molecule has 8 N–H and O–H groups in total. The summed E-state index contributed by atoms with van der Waals surface area (Å²) in [6.45, 7) is 0.843. The third kappa shape index (κ3) is 6.88. The second-order valence-electron chi connectivity index (χ2n) is 3.87. The normalized spacial score (nSPS) is 14.1. The lowest BCUT2D eigenvalue weighted by molar-refractivity contribution is -0.142. The summed E-state index contributed by atoms with van der Waals surface area (Å²) in [4.78, 5) is 22.4. The van der Waals surface area contributed by atoms with Gasteiger partial charge in [-0.15, -0.1) is 0 Å². The summed E-state index contributed by atoms with van der Waals surface area (Å²) in [7, 11) is 0. The molecule has 1 amide bonds. The molecule has 0 rings (SSSR count). The minimum Gasteiger partial charge on any atom is -0.480 e. The van der Waals surface area contributed by atoms with Gasteiger partial charge in [-0.3, -0.25) is 4.79 Å². The highest BCUT2D eigenvalue weighted by Crippen LogP contribution is 1.99. The lowest BCUT2D eigenvalue weighted by Crippen LogP contribution is -2.48. The number of hydrogen-bond donors (Lipinski definition) is 5. The van der Waals surface area contributed by atoms with Crippen molar-refractivity contribution in [1.29, 1.82) is 0 Å². The number of carbonyl (C=O) groups is 2. The second kappa shape index (κ2) is 8.91. The van der Waals surface area contributed by atoms with Crippen molar-refractivity contribution in [3.8, 4) is 0 Å². The zero-order valence-corrected chi connectivity index (χ0v) is 9.89. The molecular formula is C10H22N4O3. The molecule has 0 aromatic heterocycles. The molecule has 0 aliphatic heterocycles. The SMILES string of the molecule is NCCC[C@@H](N)C(=O)N[C@H](CCCN)C(=O)O. The molecule has 0 spiro atoms. The van der Waals surface area contributed by atoms with Crippen LogP contribution in [0.2, 0.25) is 0 Å². The lowest BCUT2D eigenvalue weighted by atomic mass is 10.1. The van der Waals surface area contributed by atoms with E-state index in [0.29, 0.717) is 38.8 Å². The van der Waals surface area contributed by atoms with Crippen molar-refractivity contribution in [3.05, 3.63) is 0 Å². The average molecular weight is 246 g/mol. The first-order valence-electron chi connectivity index (χ1n) is 5.71. The van der Waals surface area contributed by atoms with Gasteiger partial charge in [-0.1, -0.05) is 0 Å². The van der Waals surface area contributed by atoms with Crippen LogP contribution in [0.1, 0.15) is 25.7 Å². The fraction of sp³-hybridized carbons (Fsp3) is 0.800. The number of carboxylic acid groups (broad SMARTS) is 1. The van der Waals surface area contributed by atoms with E-state index in [2.05, 4.69) is 5.32 Å². The van der Waals surface area contributed by atoms with Crippen molar-refractivity contribution in [2.75, 3.05) is 13.1 Å². The summed E-state index contributed by atoms with van der Waals surface area (Å²) in [5.41, 5.74) is 16.2. The Morgan fingerprint density at radius 1 is 1.12 bits per heavy atom. The van der Waals surface area contributed by atoms with Crippen LogP contribution in [0.25, 0.3) is 0 Å². The van der Waals surface area contributed by atoms with E-state index in [0.717, 1.165) is 0 Å². The molecule has 0 radical (unpaired) electrons. The third-order valence-corrected chi connectivity index (χ3v) is 2.37. The van der Waals surface area contributed by atoms with Gasteiger partial charge in [0.15, 0.2) is 0 Å². The van der Waals surface area contributed by atoms with Gasteiger partial charge >= 0.3 is 5.97 Å². The fourth-order valence-corrected chi connectivity index (χ4v) is 1.33. The molecule has 2 atom stereocenters. The summed E-state index contributed by atoms with van der Waals surface area (Å²) in [5.74, 6) is -1.53. The Bertz CT molecular complexity index is 248. The average Bonchev–Trinajstić information content (AvgIpc) is 2.30. The van der Waals surface area contributed by atoms with Gasteiger partial charge in [0.2, 0.25) is 5.91 Å². The minimum absolute atomic E-state index is 0.307. The number of aliphatic carboxylic acids is 1. The van der Waals surface area contributed by atoms with Crippen LogP contribution in [-0.4, -0.2) is 42.2 Å². The van der Waals surface area contributed by atoms with E-state index in [1.807, 2.05) is 0 Å². The van der Waals surface area contributed by atoms with Crippen LogP contribution >= 0.6 is 0 Å². The van der Waals surface area contributed by atoms with Gasteiger partial charge in [0.1, 0.15) is 6.04 Å². The Labute approximate surface area is 101 Å². The maximum atomic E-state index is 11.6. The molecule has 0 heterocycles. The Morgan fingerprint density at radius 2 is 1.65 bits per heavy atom. The molecule has 0 aliphatic rings. The van der Waals surface area contributed by atoms with Gasteiger partial charge < -0.3 is 27.6 Å². The molecule has 100 valence electrons. The number of carboxylic acids is 1. The molecule has 0 unspecified atom stereocenters. The third-order valence-electron chi connectivity index (χ3n) is 2.37. The van der Waals surface area contributed by atoms with Crippen LogP contribution in [0.3, 0.4) is 0 Å². The van der Waals surface area contributed by atoms with E-state index in [4.69, 9.17) is 22.3 Å². The van der Waals surface area contributed by atoms with Crippen LogP contribution in [0.5, 0.6) is 0 Å². The maximum absolute atomic E-state index is 11.6. The molecule has 0 bridgehead atoms. The molecular weight excluding hydrogens is 224 g/mol. The van der Waals surface area contributed by atoms with Crippen molar-refractivity contribution < 1.29 is 14.7 Å². The van der Waals surface area contributed by atoms with Gasteiger partial charge in [-0.05, 0) is 38.8 Å². The Hall–Kier alpha value is -1.18. The number of nitrogens with one attached hydrogen (secondary N) is 1. The first-order chi connectivity index (χ1) is 8.02. The number of amides is 1. The Morgan fingerprint density at radius 3 is 2.12 bits per heavy atom. The minimum atomic E-state index is -1.07. The van der Waals surface area contributed by atoms with E-state index in [-0.39, 0.29) is 0 Å². The van der Waals surface area contributed by atoms with Crippen molar-refractivity contribution >= 4 is 11.9 Å². The molecule has 0 aromatic carbocycles. The van der Waals surface area contributed by atoms with Crippen molar-refractivity contribution in [3.63, 3.8) is 0 Å².